The van der Waals surface area contributed by atoms with Crippen LogP contribution in [0.3, 0.4) is 0 Å². The first-order chi connectivity index (χ1) is 13.5. The van der Waals surface area contributed by atoms with Gasteiger partial charge in [-0.15, -0.1) is 0 Å². The summed E-state index contributed by atoms with van der Waals surface area (Å²) in [5.41, 5.74) is 0.176. The monoisotopic (exact) mass is 382 g/mol. The van der Waals surface area contributed by atoms with Gasteiger partial charge in [-0.1, -0.05) is 0 Å². The van der Waals surface area contributed by atoms with Crippen molar-refractivity contribution in [2.45, 2.75) is 20.4 Å². The molecule has 0 unspecified atom stereocenters. The quantitative estimate of drug-likeness (QED) is 0.611. The number of aromatic amines is 1. The summed E-state index contributed by atoms with van der Waals surface area (Å²) in [4.78, 5) is 32.8. The molecule has 0 aliphatic rings. The zero-order valence-electron chi connectivity index (χ0n) is 15.8. The SMILES string of the molecule is CCN(CC)c1ccc(N=Cc2c(O)n(Cc3ccco3)c(=O)[nH]c2=O)cc1. The number of H-pyrrole nitrogens is 1. The first-order valence-corrected chi connectivity index (χ1v) is 9.01. The van der Waals surface area contributed by atoms with E-state index in [0.717, 1.165) is 23.3 Å². The lowest BCUT2D eigenvalue weighted by Gasteiger charge is -2.20. The van der Waals surface area contributed by atoms with Crippen molar-refractivity contribution in [2.75, 3.05) is 18.0 Å². The van der Waals surface area contributed by atoms with Crippen LogP contribution in [0.25, 0.3) is 0 Å². The summed E-state index contributed by atoms with van der Waals surface area (Å²) in [5, 5.41) is 10.4. The standard InChI is InChI=1S/C20H22N4O4/c1-3-23(4-2)15-9-7-14(8-10-15)21-12-17-18(25)22-20(27)24(19(17)26)13-16-6-5-11-28-16/h5-12,26H,3-4,13H2,1-2H3,(H,22,25,27). The number of rotatable bonds is 7. The Morgan fingerprint density at radius 3 is 2.50 bits per heavy atom. The summed E-state index contributed by atoms with van der Waals surface area (Å²) < 4.78 is 6.21. The molecule has 0 amide bonds. The van der Waals surface area contributed by atoms with Crippen molar-refractivity contribution in [3.05, 3.63) is 74.8 Å². The Bertz CT molecular complexity index is 1060. The molecule has 0 bridgehead atoms. The summed E-state index contributed by atoms with van der Waals surface area (Å²) in [6.45, 7) is 5.97. The minimum Gasteiger partial charge on any atom is -0.494 e. The minimum atomic E-state index is -0.723. The molecule has 146 valence electrons. The highest BCUT2D eigenvalue weighted by Gasteiger charge is 2.14. The second kappa shape index (κ2) is 8.43. The van der Waals surface area contributed by atoms with E-state index in [-0.39, 0.29) is 12.1 Å². The van der Waals surface area contributed by atoms with Gasteiger partial charge in [0.05, 0.1) is 18.5 Å². The molecule has 0 saturated carbocycles. The van der Waals surface area contributed by atoms with E-state index in [9.17, 15) is 14.7 Å². The van der Waals surface area contributed by atoms with Crippen LogP contribution >= 0.6 is 0 Å². The Morgan fingerprint density at radius 2 is 1.89 bits per heavy atom. The van der Waals surface area contributed by atoms with Crippen LogP contribution in [0, 0.1) is 0 Å². The van der Waals surface area contributed by atoms with Gasteiger partial charge in [0.2, 0.25) is 5.88 Å². The normalized spacial score (nSPS) is 11.2. The van der Waals surface area contributed by atoms with E-state index >= 15 is 0 Å². The van der Waals surface area contributed by atoms with Crippen molar-refractivity contribution in [1.29, 1.82) is 0 Å². The predicted octanol–water partition coefficient (Wildman–Crippen LogP) is 2.48. The van der Waals surface area contributed by atoms with E-state index in [4.69, 9.17) is 4.42 Å². The van der Waals surface area contributed by atoms with E-state index in [0.29, 0.717) is 11.4 Å². The second-order valence-corrected chi connectivity index (χ2v) is 6.11. The Hall–Kier alpha value is -3.55. The lowest BCUT2D eigenvalue weighted by molar-refractivity contribution is 0.392. The van der Waals surface area contributed by atoms with Crippen LogP contribution in [0.1, 0.15) is 25.2 Å². The largest absolute Gasteiger partial charge is 0.494 e. The number of hydrogen-bond acceptors (Lipinski definition) is 6. The Labute approximate surface area is 161 Å². The van der Waals surface area contributed by atoms with Crippen LogP contribution in [0.4, 0.5) is 11.4 Å². The molecule has 0 aliphatic heterocycles. The molecule has 2 heterocycles. The molecule has 1 aromatic carbocycles. The molecule has 0 radical (unpaired) electrons. The van der Waals surface area contributed by atoms with Crippen molar-refractivity contribution in [2.24, 2.45) is 4.99 Å². The average Bonchev–Trinajstić information content (AvgIpc) is 3.20. The highest BCUT2D eigenvalue weighted by Crippen LogP contribution is 2.20. The number of nitrogens with one attached hydrogen (secondary N) is 1. The van der Waals surface area contributed by atoms with Crippen LogP contribution in [0.15, 0.2) is 61.7 Å². The number of aromatic nitrogens is 2. The van der Waals surface area contributed by atoms with E-state index in [1.54, 1.807) is 12.1 Å². The van der Waals surface area contributed by atoms with Gasteiger partial charge < -0.3 is 14.4 Å². The molecule has 28 heavy (non-hydrogen) atoms. The maximum absolute atomic E-state index is 12.1. The zero-order chi connectivity index (χ0) is 20.1. The smallest absolute Gasteiger partial charge is 0.331 e. The van der Waals surface area contributed by atoms with Gasteiger partial charge >= 0.3 is 5.69 Å². The van der Waals surface area contributed by atoms with Crippen molar-refractivity contribution >= 4 is 17.6 Å². The average molecular weight is 382 g/mol. The van der Waals surface area contributed by atoms with Gasteiger partial charge in [0, 0.05) is 25.0 Å². The molecule has 8 heteroatoms. The summed E-state index contributed by atoms with van der Waals surface area (Å²) in [6.07, 6.45) is 2.71. The molecule has 2 N–H and O–H groups in total. The second-order valence-electron chi connectivity index (χ2n) is 6.11. The van der Waals surface area contributed by atoms with Crippen LogP contribution in [0.2, 0.25) is 0 Å². The lowest BCUT2D eigenvalue weighted by atomic mass is 10.2. The maximum Gasteiger partial charge on any atom is 0.331 e. The number of aliphatic imine (C=N–C) groups is 1. The van der Waals surface area contributed by atoms with E-state index in [1.807, 2.05) is 24.3 Å². The fourth-order valence-electron chi connectivity index (χ4n) is 2.87. The van der Waals surface area contributed by atoms with Crippen LogP contribution in [0.5, 0.6) is 5.88 Å². The summed E-state index contributed by atoms with van der Waals surface area (Å²) in [6, 6.07) is 10.9. The van der Waals surface area contributed by atoms with Crippen molar-refractivity contribution in [3.63, 3.8) is 0 Å². The summed E-state index contributed by atoms with van der Waals surface area (Å²) in [7, 11) is 0. The first kappa shape index (κ1) is 19.2. The van der Waals surface area contributed by atoms with Crippen molar-refractivity contribution in [3.8, 4) is 5.88 Å². The van der Waals surface area contributed by atoms with Gasteiger partial charge in [-0.25, -0.2) is 4.79 Å². The number of aromatic hydroxyl groups is 1. The first-order valence-electron chi connectivity index (χ1n) is 9.01. The molecule has 0 aliphatic carbocycles. The van der Waals surface area contributed by atoms with Crippen LogP contribution < -0.4 is 16.1 Å². The molecule has 0 fully saturated rings. The minimum absolute atomic E-state index is 0.00610. The van der Waals surface area contributed by atoms with E-state index < -0.39 is 17.1 Å². The molecule has 0 saturated heterocycles. The number of furan rings is 1. The molecule has 0 spiro atoms. The molecule has 8 nitrogen and oxygen atoms in total. The number of benzene rings is 1. The van der Waals surface area contributed by atoms with Gasteiger partial charge in [0.15, 0.2) is 0 Å². The third-order valence-corrected chi connectivity index (χ3v) is 4.42. The fourth-order valence-corrected chi connectivity index (χ4v) is 2.87. The number of hydrogen-bond donors (Lipinski definition) is 2. The molecule has 3 aromatic rings. The molecule has 2 aromatic heterocycles. The molecule has 3 rings (SSSR count). The van der Waals surface area contributed by atoms with Gasteiger partial charge in [-0.2, -0.15) is 0 Å². The van der Waals surface area contributed by atoms with Crippen LogP contribution in [-0.4, -0.2) is 34.0 Å². The summed E-state index contributed by atoms with van der Waals surface area (Å²) in [5.74, 6) is 0.00740. The lowest BCUT2D eigenvalue weighted by Crippen LogP contribution is -2.32. The van der Waals surface area contributed by atoms with Gasteiger partial charge in [0.1, 0.15) is 11.3 Å². The predicted molar refractivity (Wildman–Crippen MR) is 108 cm³/mol. The maximum atomic E-state index is 12.1. The van der Waals surface area contributed by atoms with Gasteiger partial charge in [-0.05, 0) is 50.2 Å². The molecule has 0 atom stereocenters. The zero-order valence-corrected chi connectivity index (χ0v) is 15.8. The topological polar surface area (TPSA) is 104 Å². The third-order valence-electron chi connectivity index (χ3n) is 4.42. The fraction of sp³-hybridized carbons (Fsp3) is 0.250. The Morgan fingerprint density at radius 1 is 1.18 bits per heavy atom. The number of nitrogens with zero attached hydrogens (tertiary/aromatic N) is 3. The Kier molecular flexibility index (Phi) is 5.78. The molecular formula is C20H22N4O4. The van der Waals surface area contributed by atoms with Gasteiger partial charge in [0.25, 0.3) is 5.56 Å². The van der Waals surface area contributed by atoms with E-state index in [2.05, 4.69) is 28.7 Å². The van der Waals surface area contributed by atoms with Gasteiger partial charge in [-0.3, -0.25) is 19.3 Å². The number of anilines is 1. The highest BCUT2D eigenvalue weighted by atomic mass is 16.3. The Balaban J connectivity index is 1.89. The third kappa shape index (κ3) is 4.06. The van der Waals surface area contributed by atoms with E-state index in [1.165, 1.54) is 12.5 Å². The van der Waals surface area contributed by atoms with Crippen LogP contribution in [-0.2, 0) is 6.54 Å². The van der Waals surface area contributed by atoms with Crippen molar-refractivity contribution in [1.82, 2.24) is 9.55 Å². The van der Waals surface area contributed by atoms with Crippen molar-refractivity contribution < 1.29 is 9.52 Å². The molecular weight excluding hydrogens is 360 g/mol. The summed E-state index contributed by atoms with van der Waals surface area (Å²) >= 11 is 0. The highest BCUT2D eigenvalue weighted by molar-refractivity contribution is 5.84.